The third-order valence-electron chi connectivity index (χ3n) is 5.58. The van der Waals surface area contributed by atoms with E-state index >= 15 is 0 Å². The summed E-state index contributed by atoms with van der Waals surface area (Å²) in [5.41, 5.74) is 1.01. The van der Waals surface area contributed by atoms with Crippen molar-refractivity contribution >= 4 is 27.5 Å². The van der Waals surface area contributed by atoms with E-state index in [2.05, 4.69) is 11.1 Å². The minimum Gasteiger partial charge on any atom is -0.383 e. The van der Waals surface area contributed by atoms with Gasteiger partial charge in [-0.05, 0) is 25.0 Å². The zero-order valence-electron chi connectivity index (χ0n) is 15.9. The van der Waals surface area contributed by atoms with Crippen LogP contribution in [0.5, 0.6) is 0 Å². The molecule has 1 amide bonds. The number of ether oxygens (including phenoxy) is 1. The van der Waals surface area contributed by atoms with E-state index in [1.54, 1.807) is 16.2 Å². The number of likely N-dealkylation sites (tertiary alicyclic amines) is 2. The summed E-state index contributed by atoms with van der Waals surface area (Å²) in [6.45, 7) is 1.15. The van der Waals surface area contributed by atoms with Gasteiger partial charge in [0.15, 0.2) is 0 Å². The Kier molecular flexibility index (Phi) is 5.62. The van der Waals surface area contributed by atoms with Crippen molar-refractivity contribution in [2.45, 2.75) is 43.7 Å². The predicted molar refractivity (Wildman–Crippen MR) is 105 cm³/mol. The Hall–Kier alpha value is -1.64. The Bertz CT molecular complexity index is 805. The summed E-state index contributed by atoms with van der Waals surface area (Å²) in [4.78, 5) is 20.6. The van der Waals surface area contributed by atoms with Gasteiger partial charge in [-0.2, -0.15) is 0 Å². The van der Waals surface area contributed by atoms with Crippen LogP contribution in [0.15, 0.2) is 24.3 Å². The van der Waals surface area contributed by atoms with Crippen LogP contribution in [-0.2, 0) is 16.0 Å². The average Bonchev–Trinajstić information content (AvgIpc) is 3.14. The molecule has 4 rings (SSSR count). The van der Waals surface area contributed by atoms with Crippen LogP contribution in [0.4, 0.5) is 8.78 Å². The van der Waals surface area contributed by atoms with E-state index in [0.29, 0.717) is 26.1 Å². The summed E-state index contributed by atoms with van der Waals surface area (Å²) in [5.74, 6) is -2.56. The zero-order valence-corrected chi connectivity index (χ0v) is 16.8. The highest BCUT2D eigenvalue weighted by Gasteiger charge is 2.50. The van der Waals surface area contributed by atoms with Gasteiger partial charge in [0.1, 0.15) is 0 Å². The Balaban J connectivity index is 1.22. The van der Waals surface area contributed by atoms with Crippen molar-refractivity contribution in [3.8, 4) is 0 Å². The summed E-state index contributed by atoms with van der Waals surface area (Å²) >= 11 is 1.67. The van der Waals surface area contributed by atoms with E-state index in [1.165, 1.54) is 11.8 Å². The molecule has 28 heavy (non-hydrogen) atoms. The highest BCUT2D eigenvalue weighted by Crippen LogP contribution is 2.35. The monoisotopic (exact) mass is 409 g/mol. The van der Waals surface area contributed by atoms with Crippen molar-refractivity contribution in [3.63, 3.8) is 0 Å². The summed E-state index contributed by atoms with van der Waals surface area (Å²) in [6, 6.07) is 7.79. The van der Waals surface area contributed by atoms with Crippen LogP contribution in [0.3, 0.4) is 0 Å². The first-order valence-electron chi connectivity index (χ1n) is 9.70. The van der Waals surface area contributed by atoms with Gasteiger partial charge in [0.05, 0.1) is 28.4 Å². The lowest BCUT2D eigenvalue weighted by atomic mass is 10.0. The molecule has 1 aromatic carbocycles. The van der Waals surface area contributed by atoms with Gasteiger partial charge in [-0.1, -0.05) is 12.1 Å². The molecule has 5 nitrogen and oxygen atoms in total. The number of methoxy groups -OCH3 is 1. The van der Waals surface area contributed by atoms with E-state index in [0.717, 1.165) is 23.4 Å². The lowest BCUT2D eigenvalue weighted by molar-refractivity contribution is -0.139. The Morgan fingerprint density at radius 3 is 2.89 bits per heavy atom. The summed E-state index contributed by atoms with van der Waals surface area (Å²) < 4.78 is 33.8. The van der Waals surface area contributed by atoms with E-state index in [9.17, 15) is 13.6 Å². The zero-order chi connectivity index (χ0) is 19.7. The van der Waals surface area contributed by atoms with Gasteiger partial charge in [0.2, 0.25) is 5.91 Å². The van der Waals surface area contributed by atoms with Gasteiger partial charge in [-0.25, -0.2) is 13.8 Å². The smallest absolute Gasteiger partial charge is 0.262 e. The number of amides is 1. The van der Waals surface area contributed by atoms with Crippen LogP contribution in [0.2, 0.25) is 0 Å². The number of aryl methyl sites for hydroxylation is 1. The van der Waals surface area contributed by atoms with Gasteiger partial charge in [-0.15, -0.1) is 11.3 Å². The molecule has 152 valence electrons. The second kappa shape index (κ2) is 8.00. The second-order valence-electron chi connectivity index (χ2n) is 7.72. The van der Waals surface area contributed by atoms with E-state index < -0.39 is 5.92 Å². The highest BCUT2D eigenvalue weighted by atomic mass is 32.1. The number of alkyl halides is 2. The fourth-order valence-electron chi connectivity index (χ4n) is 4.14. The lowest BCUT2D eigenvalue weighted by Gasteiger charge is -2.45. The Morgan fingerprint density at radius 1 is 1.36 bits per heavy atom. The highest BCUT2D eigenvalue weighted by molar-refractivity contribution is 7.18. The molecule has 8 heteroatoms. The molecule has 0 spiro atoms. The maximum Gasteiger partial charge on any atom is 0.262 e. The van der Waals surface area contributed by atoms with Gasteiger partial charge >= 0.3 is 0 Å². The second-order valence-corrected chi connectivity index (χ2v) is 8.84. The summed E-state index contributed by atoms with van der Waals surface area (Å²) in [6.07, 6.45) is 1.86. The topological polar surface area (TPSA) is 45.7 Å². The molecule has 2 aromatic rings. The number of nitrogens with zero attached hydrogens (tertiary/aromatic N) is 3. The molecule has 0 saturated carbocycles. The number of benzene rings is 1. The third-order valence-corrected chi connectivity index (χ3v) is 6.68. The molecule has 1 aromatic heterocycles. The van der Waals surface area contributed by atoms with Gasteiger partial charge < -0.3 is 9.64 Å². The molecule has 2 aliphatic heterocycles. The van der Waals surface area contributed by atoms with Crippen LogP contribution in [0, 0.1) is 0 Å². The third kappa shape index (κ3) is 4.18. The van der Waals surface area contributed by atoms with Gasteiger partial charge in [0.25, 0.3) is 5.92 Å². The Labute approximate surface area is 167 Å². The van der Waals surface area contributed by atoms with E-state index in [1.807, 2.05) is 23.1 Å². The number of rotatable bonds is 7. The van der Waals surface area contributed by atoms with E-state index in [-0.39, 0.29) is 31.0 Å². The maximum atomic E-state index is 13.8. The van der Waals surface area contributed by atoms with Crippen molar-refractivity contribution in [2.24, 2.45) is 0 Å². The number of carbonyl (C=O) groups excluding carboxylic acids is 1. The fourth-order valence-corrected chi connectivity index (χ4v) is 5.15. The predicted octanol–water partition coefficient (Wildman–Crippen LogP) is 3.19. The largest absolute Gasteiger partial charge is 0.383 e. The van der Waals surface area contributed by atoms with Crippen LogP contribution in [0.25, 0.3) is 10.2 Å². The maximum absolute atomic E-state index is 13.8. The molecule has 0 aliphatic carbocycles. The Morgan fingerprint density at radius 2 is 2.14 bits per heavy atom. The molecular weight excluding hydrogens is 384 g/mol. The normalized spacial score (nSPS) is 22.7. The molecule has 2 aliphatic rings. The first-order chi connectivity index (χ1) is 13.4. The van der Waals surface area contributed by atoms with Gasteiger partial charge in [-0.3, -0.25) is 9.69 Å². The quantitative estimate of drug-likeness (QED) is 0.705. The molecule has 1 atom stereocenters. The molecule has 0 unspecified atom stereocenters. The summed E-state index contributed by atoms with van der Waals surface area (Å²) in [5, 5.41) is 1.05. The van der Waals surface area contributed by atoms with Crippen LogP contribution in [0.1, 0.15) is 24.3 Å². The molecule has 0 N–H and O–H groups in total. The first kappa shape index (κ1) is 19.7. The number of fused-ring (bicyclic) bond motifs is 1. The van der Waals surface area contributed by atoms with Crippen molar-refractivity contribution in [3.05, 3.63) is 29.3 Å². The SMILES string of the molecule is COC[C@@H]1CC(F)(F)CN1C1CN(C(=O)CCCc2nc3ccccc3s2)C1. The average molecular weight is 410 g/mol. The van der Waals surface area contributed by atoms with Crippen molar-refractivity contribution < 1.29 is 18.3 Å². The molecule has 2 saturated heterocycles. The molecule has 2 fully saturated rings. The van der Waals surface area contributed by atoms with Crippen LogP contribution < -0.4 is 0 Å². The lowest BCUT2D eigenvalue weighted by Crippen LogP contribution is -2.62. The molecule has 0 radical (unpaired) electrons. The molecule has 0 bridgehead atoms. The van der Waals surface area contributed by atoms with Gasteiger partial charge in [0, 0.05) is 45.1 Å². The van der Waals surface area contributed by atoms with Crippen LogP contribution >= 0.6 is 11.3 Å². The minimum absolute atomic E-state index is 0.0155. The first-order valence-corrected chi connectivity index (χ1v) is 10.5. The number of hydrogen-bond acceptors (Lipinski definition) is 5. The molecule has 3 heterocycles. The number of halogens is 2. The number of thiazole rings is 1. The van der Waals surface area contributed by atoms with Crippen LogP contribution in [-0.4, -0.2) is 72.0 Å². The number of aromatic nitrogens is 1. The van der Waals surface area contributed by atoms with Crippen molar-refractivity contribution in [1.82, 2.24) is 14.8 Å². The standard InChI is InChI=1S/C20H25F2N3O2S/c1-27-12-14-9-20(21,22)13-25(14)15-10-24(11-15)19(26)8-4-7-18-23-16-5-2-3-6-17(16)28-18/h2-3,5-6,14-15H,4,7-13H2,1H3/t14-/m0/s1. The minimum atomic E-state index is -2.66. The number of para-hydroxylation sites is 1. The number of carbonyl (C=O) groups is 1. The fraction of sp³-hybridized carbons (Fsp3) is 0.600. The van der Waals surface area contributed by atoms with E-state index in [4.69, 9.17) is 4.74 Å². The van der Waals surface area contributed by atoms with Crippen molar-refractivity contribution in [1.29, 1.82) is 0 Å². The number of hydrogen-bond donors (Lipinski definition) is 0. The van der Waals surface area contributed by atoms with Crippen molar-refractivity contribution in [2.75, 3.05) is 33.4 Å². The molecular formula is C20H25F2N3O2S. The summed E-state index contributed by atoms with van der Waals surface area (Å²) in [7, 11) is 1.54.